The van der Waals surface area contributed by atoms with Gasteiger partial charge in [-0.3, -0.25) is 0 Å². The summed E-state index contributed by atoms with van der Waals surface area (Å²) in [5.41, 5.74) is -0.0733. The zero-order chi connectivity index (χ0) is 11.9. The SMILES string of the molecule is CC(O)c1c[nH]c2cccc(C(F)(F)F)c12. The van der Waals surface area contributed by atoms with Gasteiger partial charge in [-0.2, -0.15) is 13.2 Å². The van der Waals surface area contributed by atoms with Crippen LogP contribution >= 0.6 is 0 Å². The van der Waals surface area contributed by atoms with E-state index >= 15 is 0 Å². The molecular formula is C11H10F3NO. The summed E-state index contributed by atoms with van der Waals surface area (Å²) in [6, 6.07) is 3.91. The summed E-state index contributed by atoms with van der Waals surface area (Å²) in [4.78, 5) is 2.72. The third kappa shape index (κ3) is 1.67. The average Bonchev–Trinajstić information content (AvgIpc) is 2.58. The summed E-state index contributed by atoms with van der Waals surface area (Å²) in [6.07, 6.45) is -3.94. The molecule has 0 aliphatic heterocycles. The fourth-order valence-corrected chi connectivity index (χ4v) is 1.78. The molecule has 2 rings (SSSR count). The molecule has 0 aliphatic rings. The largest absolute Gasteiger partial charge is 0.417 e. The van der Waals surface area contributed by atoms with E-state index in [1.165, 1.54) is 19.2 Å². The second kappa shape index (κ2) is 3.52. The molecule has 86 valence electrons. The Balaban J connectivity index is 2.79. The molecule has 0 saturated carbocycles. The highest BCUT2D eigenvalue weighted by atomic mass is 19.4. The number of aromatic nitrogens is 1. The molecule has 0 bridgehead atoms. The molecule has 0 saturated heterocycles. The molecular weight excluding hydrogens is 219 g/mol. The fourth-order valence-electron chi connectivity index (χ4n) is 1.78. The summed E-state index contributed by atoms with van der Waals surface area (Å²) in [5, 5.41) is 9.46. The van der Waals surface area contributed by atoms with Gasteiger partial charge in [-0.1, -0.05) is 6.07 Å². The second-order valence-corrected chi connectivity index (χ2v) is 3.65. The minimum absolute atomic E-state index is 0.0463. The Labute approximate surface area is 89.7 Å². The van der Waals surface area contributed by atoms with Crippen molar-refractivity contribution >= 4 is 10.9 Å². The van der Waals surface area contributed by atoms with Gasteiger partial charge in [-0.15, -0.1) is 0 Å². The van der Waals surface area contributed by atoms with Crippen LogP contribution in [0.1, 0.15) is 24.2 Å². The number of aliphatic hydroxyl groups is 1. The maximum atomic E-state index is 12.7. The van der Waals surface area contributed by atoms with E-state index in [1.807, 2.05) is 0 Å². The molecule has 0 fully saturated rings. The molecule has 0 radical (unpaired) electrons. The van der Waals surface area contributed by atoms with Gasteiger partial charge in [0.1, 0.15) is 0 Å². The van der Waals surface area contributed by atoms with Crippen molar-refractivity contribution in [2.24, 2.45) is 0 Å². The molecule has 1 unspecified atom stereocenters. The maximum Gasteiger partial charge on any atom is 0.417 e. The standard InChI is InChI=1S/C11H10F3NO/c1-6(16)7-5-15-9-4-2-3-8(10(7)9)11(12,13)14/h2-6,15-16H,1H3. The lowest BCUT2D eigenvalue weighted by Crippen LogP contribution is -2.06. The minimum Gasteiger partial charge on any atom is -0.389 e. The third-order valence-corrected chi connectivity index (χ3v) is 2.49. The number of aliphatic hydroxyl groups excluding tert-OH is 1. The van der Waals surface area contributed by atoms with Crippen molar-refractivity contribution in [1.82, 2.24) is 4.98 Å². The Morgan fingerprint density at radius 3 is 2.56 bits per heavy atom. The minimum atomic E-state index is -4.41. The monoisotopic (exact) mass is 229 g/mol. The summed E-state index contributed by atoms with van der Waals surface area (Å²) in [7, 11) is 0. The highest BCUT2D eigenvalue weighted by Crippen LogP contribution is 2.37. The predicted octanol–water partition coefficient (Wildman–Crippen LogP) is 3.24. The van der Waals surface area contributed by atoms with E-state index in [0.717, 1.165) is 6.07 Å². The lowest BCUT2D eigenvalue weighted by atomic mass is 10.0. The van der Waals surface area contributed by atoms with Crippen LogP contribution in [-0.4, -0.2) is 10.1 Å². The van der Waals surface area contributed by atoms with Gasteiger partial charge in [0, 0.05) is 22.7 Å². The normalized spacial score (nSPS) is 14.3. The first-order valence-electron chi connectivity index (χ1n) is 4.76. The highest BCUT2D eigenvalue weighted by molar-refractivity contribution is 5.87. The van der Waals surface area contributed by atoms with E-state index in [4.69, 9.17) is 0 Å². The molecule has 0 aliphatic carbocycles. The highest BCUT2D eigenvalue weighted by Gasteiger charge is 2.33. The smallest absolute Gasteiger partial charge is 0.389 e. The molecule has 0 amide bonds. The summed E-state index contributed by atoms with van der Waals surface area (Å²) in [5.74, 6) is 0. The van der Waals surface area contributed by atoms with Crippen LogP contribution in [-0.2, 0) is 6.18 Å². The Bertz CT molecular complexity index is 513. The summed E-state index contributed by atoms with van der Waals surface area (Å²) >= 11 is 0. The number of fused-ring (bicyclic) bond motifs is 1. The summed E-state index contributed by atoms with van der Waals surface area (Å²) in [6.45, 7) is 1.44. The van der Waals surface area contributed by atoms with Crippen LogP contribution in [0.5, 0.6) is 0 Å². The van der Waals surface area contributed by atoms with Crippen molar-refractivity contribution in [3.63, 3.8) is 0 Å². The lowest BCUT2D eigenvalue weighted by molar-refractivity contribution is -0.136. The third-order valence-electron chi connectivity index (χ3n) is 2.49. The first-order chi connectivity index (χ1) is 7.41. The van der Waals surface area contributed by atoms with E-state index in [0.29, 0.717) is 5.52 Å². The van der Waals surface area contributed by atoms with Gasteiger partial charge >= 0.3 is 6.18 Å². The quantitative estimate of drug-likeness (QED) is 0.773. The molecule has 0 spiro atoms. The first-order valence-corrected chi connectivity index (χ1v) is 4.76. The number of halogens is 3. The zero-order valence-electron chi connectivity index (χ0n) is 8.47. The van der Waals surface area contributed by atoms with Crippen molar-refractivity contribution in [3.8, 4) is 0 Å². The lowest BCUT2D eigenvalue weighted by Gasteiger charge is -2.10. The predicted molar refractivity (Wildman–Crippen MR) is 53.9 cm³/mol. The number of benzene rings is 1. The van der Waals surface area contributed by atoms with Gasteiger partial charge in [0.25, 0.3) is 0 Å². The number of hydrogen-bond acceptors (Lipinski definition) is 1. The van der Waals surface area contributed by atoms with Crippen molar-refractivity contribution < 1.29 is 18.3 Å². The molecule has 2 nitrogen and oxygen atoms in total. The van der Waals surface area contributed by atoms with E-state index in [2.05, 4.69) is 4.98 Å². The molecule has 1 heterocycles. The number of hydrogen-bond donors (Lipinski definition) is 2. The number of H-pyrrole nitrogens is 1. The van der Waals surface area contributed by atoms with Crippen LogP contribution in [0.4, 0.5) is 13.2 Å². The van der Waals surface area contributed by atoms with E-state index in [9.17, 15) is 18.3 Å². The topological polar surface area (TPSA) is 36.0 Å². The van der Waals surface area contributed by atoms with Crippen LogP contribution < -0.4 is 0 Å². The Kier molecular flexibility index (Phi) is 2.42. The van der Waals surface area contributed by atoms with Crippen LogP contribution in [0.3, 0.4) is 0 Å². The molecule has 1 atom stereocenters. The molecule has 5 heteroatoms. The Morgan fingerprint density at radius 1 is 1.31 bits per heavy atom. The maximum absolute atomic E-state index is 12.7. The average molecular weight is 229 g/mol. The van der Waals surface area contributed by atoms with Gasteiger partial charge < -0.3 is 10.1 Å². The molecule has 16 heavy (non-hydrogen) atoms. The molecule has 1 aromatic carbocycles. The molecule has 2 aromatic rings. The van der Waals surface area contributed by atoms with E-state index in [1.54, 1.807) is 6.07 Å². The van der Waals surface area contributed by atoms with Crippen molar-refractivity contribution in [1.29, 1.82) is 0 Å². The second-order valence-electron chi connectivity index (χ2n) is 3.65. The van der Waals surface area contributed by atoms with Gasteiger partial charge in [-0.05, 0) is 19.1 Å². The van der Waals surface area contributed by atoms with Crippen LogP contribution in [0.25, 0.3) is 10.9 Å². The van der Waals surface area contributed by atoms with Gasteiger partial charge in [-0.25, -0.2) is 0 Å². The molecule has 2 N–H and O–H groups in total. The molecule has 1 aromatic heterocycles. The van der Waals surface area contributed by atoms with Gasteiger partial charge in [0.2, 0.25) is 0 Å². The zero-order valence-corrected chi connectivity index (χ0v) is 8.47. The van der Waals surface area contributed by atoms with E-state index in [-0.39, 0.29) is 10.9 Å². The Morgan fingerprint density at radius 2 is 2.00 bits per heavy atom. The van der Waals surface area contributed by atoms with Gasteiger partial charge in [0.05, 0.1) is 11.7 Å². The first kappa shape index (κ1) is 11.0. The Hall–Kier alpha value is -1.49. The van der Waals surface area contributed by atoms with Crippen LogP contribution in [0.2, 0.25) is 0 Å². The van der Waals surface area contributed by atoms with Gasteiger partial charge in [0.15, 0.2) is 0 Å². The number of aromatic amines is 1. The van der Waals surface area contributed by atoms with Crippen molar-refractivity contribution in [2.75, 3.05) is 0 Å². The van der Waals surface area contributed by atoms with E-state index < -0.39 is 17.8 Å². The number of rotatable bonds is 1. The summed E-state index contributed by atoms with van der Waals surface area (Å²) < 4.78 is 38.2. The number of alkyl halides is 3. The van der Waals surface area contributed by atoms with Crippen molar-refractivity contribution in [2.45, 2.75) is 19.2 Å². The van der Waals surface area contributed by atoms with Crippen LogP contribution in [0.15, 0.2) is 24.4 Å². The van der Waals surface area contributed by atoms with Crippen molar-refractivity contribution in [3.05, 3.63) is 35.5 Å². The number of nitrogens with one attached hydrogen (secondary N) is 1. The van der Waals surface area contributed by atoms with Crippen LogP contribution in [0, 0.1) is 0 Å². The fraction of sp³-hybridized carbons (Fsp3) is 0.273.